The number of rotatable bonds is 4. The summed E-state index contributed by atoms with van der Waals surface area (Å²) in [5.74, 6) is 1.04. The fourth-order valence-electron chi connectivity index (χ4n) is 6.27. The number of nitrogens with zero attached hydrogens (tertiary/aromatic N) is 1. The van der Waals surface area contributed by atoms with Crippen molar-refractivity contribution in [3.05, 3.63) is 24.3 Å². The molecule has 0 spiro atoms. The molecule has 3 aliphatic carbocycles. The summed E-state index contributed by atoms with van der Waals surface area (Å²) in [4.78, 5) is 2.16. The average Bonchev–Trinajstić information content (AvgIpc) is 2.87. The highest BCUT2D eigenvalue weighted by Gasteiger charge is 2.56. The van der Waals surface area contributed by atoms with E-state index in [2.05, 4.69) is 51.6 Å². The van der Waals surface area contributed by atoms with Crippen molar-refractivity contribution in [2.75, 3.05) is 20.6 Å². The smallest absolute Gasteiger partial charge is 0.0610 e. The van der Waals surface area contributed by atoms with Gasteiger partial charge in [-0.1, -0.05) is 38.2 Å². The lowest BCUT2D eigenvalue weighted by molar-refractivity contribution is -0.110. The van der Waals surface area contributed by atoms with E-state index in [9.17, 15) is 10.2 Å². The molecule has 3 nitrogen and oxygen atoms in total. The van der Waals surface area contributed by atoms with Crippen LogP contribution in [0.3, 0.4) is 0 Å². The molecule has 3 aliphatic rings. The molecule has 0 saturated heterocycles. The Morgan fingerprint density at radius 2 is 1.85 bits per heavy atom. The van der Waals surface area contributed by atoms with Crippen molar-refractivity contribution < 1.29 is 10.2 Å². The number of fused-ring (bicyclic) bond motifs is 1. The number of hydrogen-bond donors (Lipinski definition) is 2. The molecule has 3 saturated carbocycles. The first kappa shape index (κ1) is 20.1. The lowest BCUT2D eigenvalue weighted by Gasteiger charge is -2.54. The molecule has 3 fully saturated rings. The predicted octanol–water partition coefficient (Wildman–Crippen LogP) is 4.01. The van der Waals surface area contributed by atoms with Crippen LogP contribution >= 0.6 is 0 Å². The molecule has 26 heavy (non-hydrogen) atoms. The minimum absolute atomic E-state index is 0.0761. The van der Waals surface area contributed by atoms with Gasteiger partial charge in [0.05, 0.1) is 12.2 Å². The third-order valence-corrected chi connectivity index (χ3v) is 8.26. The Balaban J connectivity index is 1.82. The number of aliphatic hydroxyl groups is 2. The molecule has 0 aromatic rings. The van der Waals surface area contributed by atoms with E-state index >= 15 is 0 Å². The van der Waals surface area contributed by atoms with Crippen molar-refractivity contribution >= 4 is 0 Å². The highest BCUT2D eigenvalue weighted by Crippen LogP contribution is 2.61. The van der Waals surface area contributed by atoms with Gasteiger partial charge in [0.1, 0.15) is 0 Å². The van der Waals surface area contributed by atoms with Crippen molar-refractivity contribution in [3.63, 3.8) is 0 Å². The largest absolute Gasteiger partial charge is 0.393 e. The molecule has 2 N–H and O–H groups in total. The number of likely N-dealkylation sites (N-methyl/N-ethyl adjacent to an activating group) is 1. The van der Waals surface area contributed by atoms with E-state index in [0.29, 0.717) is 17.8 Å². The Bertz CT molecular complexity index is 556. The van der Waals surface area contributed by atoms with Gasteiger partial charge < -0.3 is 15.1 Å². The fourth-order valence-corrected chi connectivity index (χ4v) is 6.27. The molecule has 7 unspecified atom stereocenters. The topological polar surface area (TPSA) is 43.7 Å². The molecule has 3 heteroatoms. The molecular formula is C23H39NO2. The normalized spacial score (nSPS) is 46.9. The van der Waals surface area contributed by atoms with Crippen molar-refractivity contribution in [3.8, 4) is 0 Å². The van der Waals surface area contributed by atoms with Crippen molar-refractivity contribution in [1.29, 1.82) is 0 Å². The summed E-state index contributed by atoms with van der Waals surface area (Å²) in [6.45, 7) is 9.95. The van der Waals surface area contributed by atoms with Gasteiger partial charge >= 0.3 is 0 Å². The molecular weight excluding hydrogens is 322 g/mol. The minimum Gasteiger partial charge on any atom is -0.393 e. The summed E-state index contributed by atoms with van der Waals surface area (Å²) >= 11 is 0. The van der Waals surface area contributed by atoms with Crippen LogP contribution in [-0.2, 0) is 0 Å². The average molecular weight is 362 g/mol. The second kappa shape index (κ2) is 7.41. The third kappa shape index (κ3) is 3.43. The molecule has 0 aliphatic heterocycles. The summed E-state index contributed by atoms with van der Waals surface area (Å²) < 4.78 is 0. The van der Waals surface area contributed by atoms with Crippen molar-refractivity contribution in [2.45, 2.75) is 71.0 Å². The zero-order valence-electron chi connectivity index (χ0n) is 17.2. The Morgan fingerprint density at radius 3 is 2.54 bits per heavy atom. The van der Waals surface area contributed by atoms with Crippen LogP contribution in [0.25, 0.3) is 0 Å². The Kier molecular flexibility index (Phi) is 5.73. The summed E-state index contributed by atoms with van der Waals surface area (Å²) in [7, 11) is 4.16. The lowest BCUT2D eigenvalue weighted by Crippen LogP contribution is -2.52. The Hall–Kier alpha value is -0.640. The van der Waals surface area contributed by atoms with Crippen molar-refractivity contribution in [2.24, 2.45) is 28.6 Å². The third-order valence-electron chi connectivity index (χ3n) is 8.26. The quantitative estimate of drug-likeness (QED) is 0.744. The monoisotopic (exact) mass is 361 g/mol. The van der Waals surface area contributed by atoms with E-state index in [4.69, 9.17) is 0 Å². The number of aliphatic hydroxyl groups excluding tert-OH is 2. The molecule has 0 aromatic heterocycles. The zero-order chi connectivity index (χ0) is 19.1. The fraction of sp³-hybridized carbons (Fsp3) is 0.826. The van der Waals surface area contributed by atoms with E-state index < -0.39 is 0 Å². The molecule has 0 heterocycles. The van der Waals surface area contributed by atoms with E-state index in [1.54, 1.807) is 0 Å². The number of hydrogen-bond acceptors (Lipinski definition) is 3. The maximum atomic E-state index is 11.4. The van der Waals surface area contributed by atoms with Gasteiger partial charge in [0, 0.05) is 6.54 Å². The van der Waals surface area contributed by atoms with Crippen LogP contribution in [0.5, 0.6) is 0 Å². The first-order chi connectivity index (χ1) is 12.2. The van der Waals surface area contributed by atoms with Crippen LogP contribution in [0.15, 0.2) is 24.3 Å². The SMILES string of the molecule is C=C1CCC2C(O)C(C3(C)CCC(O)CC3C=CCN(C)C)CCC12C. The summed E-state index contributed by atoms with van der Waals surface area (Å²) in [6, 6.07) is 0. The van der Waals surface area contributed by atoms with E-state index in [0.717, 1.165) is 51.5 Å². The maximum absolute atomic E-state index is 11.4. The van der Waals surface area contributed by atoms with Crippen LogP contribution in [0.1, 0.15) is 58.8 Å². The Labute approximate surface area is 160 Å². The highest BCUT2D eigenvalue weighted by molar-refractivity contribution is 5.21. The first-order valence-electron chi connectivity index (χ1n) is 10.5. The molecule has 7 atom stereocenters. The molecule has 0 aromatic carbocycles. The summed E-state index contributed by atoms with van der Waals surface area (Å²) in [5.41, 5.74) is 1.57. The molecule has 3 rings (SSSR count). The van der Waals surface area contributed by atoms with E-state index in [1.807, 2.05) is 0 Å². The van der Waals surface area contributed by atoms with Gasteiger partial charge in [-0.15, -0.1) is 0 Å². The predicted molar refractivity (Wildman–Crippen MR) is 108 cm³/mol. The van der Waals surface area contributed by atoms with Crippen LogP contribution in [0, 0.1) is 28.6 Å². The molecule has 148 valence electrons. The van der Waals surface area contributed by atoms with E-state index in [-0.39, 0.29) is 23.0 Å². The van der Waals surface area contributed by atoms with Crippen LogP contribution in [0.4, 0.5) is 0 Å². The maximum Gasteiger partial charge on any atom is 0.0610 e. The standard InChI is InChI=1S/C23H39NO2/c1-16-8-9-19-21(26)20(11-13-22(16,19)2)23(3)12-10-18(25)15-17(23)7-6-14-24(4)5/h6-7,17-21,25-26H,1,8-15H2,2-5H3. The van der Waals surface area contributed by atoms with Gasteiger partial charge in [0.2, 0.25) is 0 Å². The highest BCUT2D eigenvalue weighted by atomic mass is 16.3. The number of allylic oxidation sites excluding steroid dienone is 2. The van der Waals surface area contributed by atoms with Crippen LogP contribution < -0.4 is 0 Å². The van der Waals surface area contributed by atoms with Gasteiger partial charge in [-0.2, -0.15) is 0 Å². The first-order valence-corrected chi connectivity index (χ1v) is 10.5. The van der Waals surface area contributed by atoms with Crippen LogP contribution in [0.2, 0.25) is 0 Å². The second-order valence-electron chi connectivity index (χ2n) is 10.0. The Morgan fingerprint density at radius 1 is 1.12 bits per heavy atom. The van der Waals surface area contributed by atoms with E-state index in [1.165, 1.54) is 5.57 Å². The summed E-state index contributed by atoms with van der Waals surface area (Å²) in [6.07, 6.45) is 11.3. The van der Waals surface area contributed by atoms with Crippen LogP contribution in [-0.4, -0.2) is 48.0 Å². The van der Waals surface area contributed by atoms with Gasteiger partial charge in [-0.3, -0.25) is 0 Å². The van der Waals surface area contributed by atoms with Gasteiger partial charge in [-0.05, 0) is 87.6 Å². The van der Waals surface area contributed by atoms with Gasteiger partial charge in [0.15, 0.2) is 0 Å². The molecule has 0 bridgehead atoms. The lowest BCUT2D eigenvalue weighted by atomic mass is 9.52. The molecule has 0 radical (unpaired) electrons. The summed E-state index contributed by atoms with van der Waals surface area (Å²) in [5, 5.41) is 21.7. The second-order valence-corrected chi connectivity index (χ2v) is 10.0. The van der Waals surface area contributed by atoms with Gasteiger partial charge in [0.25, 0.3) is 0 Å². The minimum atomic E-state index is -0.238. The molecule has 0 amide bonds. The van der Waals surface area contributed by atoms with Crippen molar-refractivity contribution in [1.82, 2.24) is 4.90 Å². The van der Waals surface area contributed by atoms with Gasteiger partial charge in [-0.25, -0.2) is 0 Å². The zero-order valence-corrected chi connectivity index (χ0v) is 17.2.